The molecule has 2 aromatic rings. The van der Waals surface area contributed by atoms with Crippen LogP contribution in [0.4, 0.5) is 17.6 Å². The number of carbonyl (C=O) groups is 1. The largest absolute Gasteiger partial charge is 0.344 e. The molecule has 0 radical (unpaired) electrons. The van der Waals surface area contributed by atoms with E-state index in [1.165, 1.54) is 12.1 Å². The zero-order valence-electron chi connectivity index (χ0n) is 16.1. The highest BCUT2D eigenvalue weighted by Gasteiger charge is 2.46. The summed E-state index contributed by atoms with van der Waals surface area (Å²) in [6, 6.07) is 12.3. The number of halogens is 5. The maximum atomic E-state index is 14.7. The highest BCUT2D eigenvalue weighted by molar-refractivity contribution is 5.85. The summed E-state index contributed by atoms with van der Waals surface area (Å²) >= 11 is 0. The van der Waals surface area contributed by atoms with Gasteiger partial charge < -0.3 is 10.6 Å². The number of nitrogens with one attached hydrogen (secondary N) is 2. The third-order valence-electron chi connectivity index (χ3n) is 5.70. The Morgan fingerprint density at radius 3 is 2.37 bits per heavy atom. The average Bonchev–Trinajstić information content (AvgIpc) is 3.11. The first-order valence-electron chi connectivity index (χ1n) is 9.72. The van der Waals surface area contributed by atoms with E-state index in [0.717, 1.165) is 5.56 Å². The van der Waals surface area contributed by atoms with Crippen LogP contribution in [0.15, 0.2) is 48.5 Å². The van der Waals surface area contributed by atoms with Crippen LogP contribution >= 0.6 is 12.4 Å². The SMILES string of the molecule is Cl.O=C(NC(c1ccccc1)c1ccc(C2CC(F)(F)C2)c(F)c1)[C@H]1CC(F)CN1. The quantitative estimate of drug-likeness (QED) is 0.661. The molecule has 30 heavy (non-hydrogen) atoms. The van der Waals surface area contributed by atoms with Gasteiger partial charge in [0.15, 0.2) is 0 Å². The Labute approximate surface area is 178 Å². The average molecular weight is 443 g/mol. The molecule has 2 aromatic carbocycles. The highest BCUT2D eigenvalue weighted by atomic mass is 35.5. The predicted octanol–water partition coefficient (Wildman–Crippen LogP) is 4.67. The van der Waals surface area contributed by atoms with E-state index in [2.05, 4.69) is 10.6 Å². The van der Waals surface area contributed by atoms with Gasteiger partial charge in [0.2, 0.25) is 11.8 Å². The van der Waals surface area contributed by atoms with Crippen LogP contribution in [0.1, 0.15) is 47.9 Å². The van der Waals surface area contributed by atoms with E-state index >= 15 is 0 Å². The zero-order chi connectivity index (χ0) is 20.6. The summed E-state index contributed by atoms with van der Waals surface area (Å²) in [4.78, 5) is 12.6. The Bertz CT molecular complexity index is 888. The number of carbonyl (C=O) groups excluding carboxylic acids is 1. The summed E-state index contributed by atoms with van der Waals surface area (Å²) in [6.07, 6.45) is -1.67. The van der Waals surface area contributed by atoms with Crippen LogP contribution in [-0.2, 0) is 4.79 Å². The maximum Gasteiger partial charge on any atom is 0.249 e. The molecule has 4 rings (SSSR count). The third kappa shape index (κ3) is 4.78. The van der Waals surface area contributed by atoms with Crippen LogP contribution < -0.4 is 10.6 Å². The maximum absolute atomic E-state index is 14.7. The van der Waals surface area contributed by atoms with E-state index in [1.807, 2.05) is 18.2 Å². The Balaban J connectivity index is 0.00000256. The molecule has 1 amide bonds. The lowest BCUT2D eigenvalue weighted by molar-refractivity contribution is -0.123. The van der Waals surface area contributed by atoms with Gasteiger partial charge in [-0.15, -0.1) is 12.4 Å². The van der Waals surface area contributed by atoms with Crippen molar-refractivity contribution in [2.75, 3.05) is 6.54 Å². The first-order valence-corrected chi connectivity index (χ1v) is 9.72. The van der Waals surface area contributed by atoms with E-state index in [0.29, 0.717) is 5.56 Å². The van der Waals surface area contributed by atoms with Gasteiger partial charge in [-0.05, 0) is 28.7 Å². The molecule has 2 N–H and O–H groups in total. The van der Waals surface area contributed by atoms with Crippen molar-refractivity contribution in [2.24, 2.45) is 0 Å². The molecule has 8 heteroatoms. The number of rotatable bonds is 5. The first kappa shape index (κ1) is 22.6. The van der Waals surface area contributed by atoms with Crippen LogP contribution in [-0.4, -0.2) is 30.6 Å². The van der Waals surface area contributed by atoms with Crippen molar-refractivity contribution < 1.29 is 22.4 Å². The number of hydrogen-bond acceptors (Lipinski definition) is 2. The topological polar surface area (TPSA) is 41.1 Å². The standard InChI is InChI=1S/C22H22F4N2O.ClH/c23-16-9-19(27-12-16)21(29)28-20(13-4-2-1-3-5-13)14-6-7-17(18(24)8-14)15-10-22(25,26)11-15;/h1-8,15-16,19-20,27H,9-12H2,(H,28,29);1H/t16?,19-,20?;/m1./s1. The second kappa shape index (κ2) is 8.94. The molecule has 1 aliphatic carbocycles. The van der Waals surface area contributed by atoms with Gasteiger partial charge in [0.05, 0.1) is 12.1 Å². The van der Waals surface area contributed by atoms with E-state index < -0.39 is 35.9 Å². The van der Waals surface area contributed by atoms with Gasteiger partial charge in [-0.2, -0.15) is 0 Å². The minimum absolute atomic E-state index is 0. The summed E-state index contributed by atoms with van der Waals surface area (Å²) in [7, 11) is 0. The summed E-state index contributed by atoms with van der Waals surface area (Å²) in [5, 5.41) is 5.71. The van der Waals surface area contributed by atoms with Gasteiger partial charge in [-0.3, -0.25) is 4.79 Å². The number of benzene rings is 2. The molecule has 2 fully saturated rings. The molecule has 2 unspecified atom stereocenters. The van der Waals surface area contributed by atoms with Crippen molar-refractivity contribution in [2.45, 2.75) is 49.4 Å². The minimum Gasteiger partial charge on any atom is -0.344 e. The lowest BCUT2D eigenvalue weighted by Gasteiger charge is -2.35. The molecule has 1 saturated carbocycles. The molecule has 3 nitrogen and oxygen atoms in total. The monoisotopic (exact) mass is 442 g/mol. The van der Waals surface area contributed by atoms with E-state index in [4.69, 9.17) is 0 Å². The zero-order valence-corrected chi connectivity index (χ0v) is 16.9. The van der Waals surface area contributed by atoms with Crippen molar-refractivity contribution in [1.29, 1.82) is 0 Å². The molecule has 162 valence electrons. The van der Waals surface area contributed by atoms with E-state index in [-0.39, 0.29) is 49.7 Å². The van der Waals surface area contributed by atoms with E-state index in [9.17, 15) is 22.4 Å². The Hall–Kier alpha value is -2.12. The van der Waals surface area contributed by atoms with Crippen molar-refractivity contribution in [1.82, 2.24) is 10.6 Å². The molecule has 1 heterocycles. The summed E-state index contributed by atoms with van der Waals surface area (Å²) in [6.45, 7) is 0.128. The lowest BCUT2D eigenvalue weighted by atomic mass is 9.76. The molecule has 2 aliphatic rings. The van der Waals surface area contributed by atoms with E-state index in [1.54, 1.807) is 18.2 Å². The molecule has 0 bridgehead atoms. The fraction of sp³-hybridized carbons (Fsp3) is 0.409. The van der Waals surface area contributed by atoms with Crippen LogP contribution in [0.25, 0.3) is 0 Å². The van der Waals surface area contributed by atoms with Crippen LogP contribution in [0.3, 0.4) is 0 Å². The second-order valence-corrected chi connectivity index (χ2v) is 7.89. The van der Waals surface area contributed by atoms with Crippen LogP contribution in [0.5, 0.6) is 0 Å². The number of hydrogen-bond donors (Lipinski definition) is 2. The molecular weight excluding hydrogens is 420 g/mol. The normalized spacial score (nSPS) is 23.9. The second-order valence-electron chi connectivity index (χ2n) is 7.89. The van der Waals surface area contributed by atoms with Gasteiger partial charge in [-0.1, -0.05) is 42.5 Å². The molecule has 0 spiro atoms. The molecular formula is C22H23ClF4N2O. The lowest BCUT2D eigenvalue weighted by Crippen LogP contribution is -2.42. The summed E-state index contributed by atoms with van der Waals surface area (Å²) in [5.41, 5.74) is 1.53. The smallest absolute Gasteiger partial charge is 0.249 e. The van der Waals surface area contributed by atoms with Gasteiger partial charge >= 0.3 is 0 Å². The van der Waals surface area contributed by atoms with Gasteiger partial charge in [-0.25, -0.2) is 17.6 Å². The van der Waals surface area contributed by atoms with Gasteiger partial charge in [0, 0.05) is 25.8 Å². The summed E-state index contributed by atoms with van der Waals surface area (Å²) < 4.78 is 54.5. The first-order chi connectivity index (χ1) is 13.8. The molecule has 1 saturated heterocycles. The van der Waals surface area contributed by atoms with Crippen LogP contribution in [0.2, 0.25) is 0 Å². The third-order valence-corrected chi connectivity index (χ3v) is 5.70. The van der Waals surface area contributed by atoms with Crippen molar-refractivity contribution in [3.63, 3.8) is 0 Å². The van der Waals surface area contributed by atoms with Crippen molar-refractivity contribution in [3.05, 3.63) is 71.0 Å². The molecule has 1 aliphatic heterocycles. The fourth-order valence-electron chi connectivity index (χ4n) is 4.07. The summed E-state index contributed by atoms with van der Waals surface area (Å²) in [5.74, 6) is -4.13. The molecule has 0 aromatic heterocycles. The molecule has 3 atom stereocenters. The Morgan fingerprint density at radius 1 is 1.10 bits per heavy atom. The van der Waals surface area contributed by atoms with Crippen LogP contribution in [0, 0.1) is 5.82 Å². The predicted molar refractivity (Wildman–Crippen MR) is 108 cm³/mol. The van der Waals surface area contributed by atoms with Gasteiger partial charge in [0.25, 0.3) is 0 Å². The van der Waals surface area contributed by atoms with Crippen molar-refractivity contribution >= 4 is 18.3 Å². The Kier molecular flexibility index (Phi) is 6.72. The Morgan fingerprint density at radius 2 is 1.80 bits per heavy atom. The number of amides is 1. The minimum atomic E-state index is -2.72. The number of alkyl halides is 3. The van der Waals surface area contributed by atoms with Gasteiger partial charge in [0.1, 0.15) is 12.0 Å². The fourth-order valence-corrected chi connectivity index (χ4v) is 4.07. The highest BCUT2D eigenvalue weighted by Crippen LogP contribution is 2.49. The van der Waals surface area contributed by atoms with Crippen molar-refractivity contribution in [3.8, 4) is 0 Å².